The molecule has 2 rings (SSSR count). The lowest BCUT2D eigenvalue weighted by molar-refractivity contribution is 0.0211. The molecule has 2 saturated carbocycles. The van der Waals surface area contributed by atoms with Crippen LogP contribution in [0.3, 0.4) is 0 Å². The van der Waals surface area contributed by atoms with Crippen molar-refractivity contribution in [1.29, 1.82) is 0 Å². The summed E-state index contributed by atoms with van der Waals surface area (Å²) < 4.78 is 5.82. The number of hydrogen-bond acceptors (Lipinski definition) is 1. The zero-order valence-corrected chi connectivity index (χ0v) is 13.9. The minimum atomic E-state index is 0.511. The number of ether oxygens (including phenoxy) is 1. The molecule has 0 atom stereocenters. The molecule has 2 aliphatic rings. The average Bonchev–Trinajstić information content (AvgIpc) is 2.54. The van der Waals surface area contributed by atoms with Gasteiger partial charge in [-0.05, 0) is 76.0 Å². The van der Waals surface area contributed by atoms with E-state index >= 15 is 0 Å². The van der Waals surface area contributed by atoms with Crippen molar-refractivity contribution in [2.75, 3.05) is 6.61 Å². The molecule has 0 N–H and O–H groups in total. The van der Waals surface area contributed by atoms with Crippen LogP contribution < -0.4 is 0 Å². The van der Waals surface area contributed by atoms with E-state index in [1.165, 1.54) is 64.2 Å². The molecule has 0 aromatic rings. The molecule has 0 heterocycles. The Kier molecular flexibility index (Phi) is 7.57. The van der Waals surface area contributed by atoms with Gasteiger partial charge in [-0.2, -0.15) is 0 Å². The monoisotopic (exact) mass is 290 g/mol. The number of hydrogen-bond donors (Lipinski definition) is 0. The van der Waals surface area contributed by atoms with Crippen molar-refractivity contribution in [3.63, 3.8) is 0 Å². The zero-order chi connectivity index (χ0) is 14.9. The summed E-state index contributed by atoms with van der Waals surface area (Å²) in [6.45, 7) is 6.60. The van der Waals surface area contributed by atoms with Gasteiger partial charge in [-0.1, -0.05) is 31.1 Å². The first-order valence-electron chi connectivity index (χ1n) is 9.17. The smallest absolute Gasteiger partial charge is 0.0648 e. The first kappa shape index (κ1) is 16.8. The molecule has 0 bridgehead atoms. The fraction of sp³-hybridized carbons (Fsp3) is 0.800. The van der Waals surface area contributed by atoms with Crippen LogP contribution in [-0.2, 0) is 4.74 Å². The van der Waals surface area contributed by atoms with E-state index in [-0.39, 0.29) is 0 Å². The average molecular weight is 290 g/mol. The summed E-state index contributed by atoms with van der Waals surface area (Å²) in [7, 11) is 0. The van der Waals surface area contributed by atoms with Gasteiger partial charge in [0.05, 0.1) is 12.7 Å². The van der Waals surface area contributed by atoms with Crippen LogP contribution in [-0.4, -0.2) is 12.7 Å². The van der Waals surface area contributed by atoms with Gasteiger partial charge in [0.15, 0.2) is 0 Å². The molecule has 1 nitrogen and oxygen atoms in total. The van der Waals surface area contributed by atoms with Crippen LogP contribution in [0.5, 0.6) is 0 Å². The van der Waals surface area contributed by atoms with E-state index in [4.69, 9.17) is 4.74 Å². The SMILES string of the molecule is C=CCOC1CCC(C2CCC(CC/C=C/C)CC2)CC1. The third-order valence-corrected chi connectivity index (χ3v) is 5.70. The molecule has 0 saturated heterocycles. The Bertz CT molecular complexity index is 304. The van der Waals surface area contributed by atoms with Crippen LogP contribution in [0.15, 0.2) is 24.8 Å². The van der Waals surface area contributed by atoms with Crippen molar-refractivity contribution < 1.29 is 4.74 Å². The second-order valence-corrected chi connectivity index (χ2v) is 7.09. The lowest BCUT2D eigenvalue weighted by atomic mass is 9.70. The summed E-state index contributed by atoms with van der Waals surface area (Å²) in [5.41, 5.74) is 0. The van der Waals surface area contributed by atoms with Crippen molar-refractivity contribution in [3.8, 4) is 0 Å². The van der Waals surface area contributed by atoms with Gasteiger partial charge in [-0.15, -0.1) is 6.58 Å². The van der Waals surface area contributed by atoms with Gasteiger partial charge >= 0.3 is 0 Å². The quantitative estimate of drug-likeness (QED) is 0.529. The maximum atomic E-state index is 5.82. The van der Waals surface area contributed by atoms with Crippen LogP contribution in [0.2, 0.25) is 0 Å². The van der Waals surface area contributed by atoms with E-state index < -0.39 is 0 Å². The van der Waals surface area contributed by atoms with E-state index in [1.54, 1.807) is 0 Å². The third kappa shape index (κ3) is 5.62. The fourth-order valence-corrected chi connectivity index (χ4v) is 4.38. The van der Waals surface area contributed by atoms with Crippen molar-refractivity contribution in [2.45, 2.75) is 77.2 Å². The maximum absolute atomic E-state index is 5.82. The van der Waals surface area contributed by atoms with E-state index in [9.17, 15) is 0 Å². The third-order valence-electron chi connectivity index (χ3n) is 5.70. The molecule has 0 radical (unpaired) electrons. The second kappa shape index (κ2) is 9.46. The normalized spacial score (nSPS) is 34.1. The van der Waals surface area contributed by atoms with Crippen molar-refractivity contribution in [3.05, 3.63) is 24.8 Å². The van der Waals surface area contributed by atoms with E-state index in [1.807, 2.05) is 6.08 Å². The molecular weight excluding hydrogens is 256 g/mol. The Hall–Kier alpha value is -0.560. The highest BCUT2D eigenvalue weighted by Crippen LogP contribution is 2.41. The predicted molar refractivity (Wildman–Crippen MR) is 91.4 cm³/mol. The van der Waals surface area contributed by atoms with Crippen molar-refractivity contribution >= 4 is 0 Å². The van der Waals surface area contributed by atoms with Gasteiger partial charge in [-0.3, -0.25) is 0 Å². The van der Waals surface area contributed by atoms with Crippen LogP contribution >= 0.6 is 0 Å². The van der Waals surface area contributed by atoms with E-state index in [0.717, 1.165) is 24.4 Å². The Balaban J connectivity index is 1.63. The summed E-state index contributed by atoms with van der Waals surface area (Å²) in [4.78, 5) is 0. The summed E-state index contributed by atoms with van der Waals surface area (Å²) in [6.07, 6.45) is 20.9. The molecule has 2 fully saturated rings. The Labute approximate surface area is 131 Å². The summed E-state index contributed by atoms with van der Waals surface area (Å²) in [5.74, 6) is 3.01. The molecule has 1 heteroatoms. The first-order valence-corrected chi connectivity index (χ1v) is 9.17. The zero-order valence-electron chi connectivity index (χ0n) is 13.9. The van der Waals surface area contributed by atoms with Crippen LogP contribution in [0.25, 0.3) is 0 Å². The molecule has 0 unspecified atom stereocenters. The van der Waals surface area contributed by atoms with Crippen LogP contribution in [0.1, 0.15) is 71.1 Å². The van der Waals surface area contributed by atoms with Gasteiger partial charge in [0.25, 0.3) is 0 Å². The fourth-order valence-electron chi connectivity index (χ4n) is 4.38. The van der Waals surface area contributed by atoms with Gasteiger partial charge in [0.2, 0.25) is 0 Å². The minimum Gasteiger partial charge on any atom is -0.374 e. The lowest BCUT2D eigenvalue weighted by Gasteiger charge is -2.37. The van der Waals surface area contributed by atoms with Gasteiger partial charge in [0, 0.05) is 0 Å². The molecule has 0 aromatic heterocycles. The summed E-state index contributed by atoms with van der Waals surface area (Å²) in [6, 6.07) is 0. The maximum Gasteiger partial charge on any atom is 0.0648 e. The van der Waals surface area contributed by atoms with Gasteiger partial charge in [-0.25, -0.2) is 0 Å². The standard InChI is InChI=1S/C20H34O/c1-3-5-6-7-17-8-10-18(11-9-17)19-12-14-20(15-13-19)21-16-4-2/h3-5,17-20H,2,6-16H2,1H3/b5-3+. The van der Waals surface area contributed by atoms with Gasteiger partial charge < -0.3 is 4.74 Å². The molecule has 21 heavy (non-hydrogen) atoms. The Morgan fingerprint density at radius 1 is 0.952 bits per heavy atom. The van der Waals surface area contributed by atoms with Crippen molar-refractivity contribution in [2.24, 2.45) is 17.8 Å². The molecular formula is C20H34O. The van der Waals surface area contributed by atoms with E-state index in [0.29, 0.717) is 6.10 Å². The van der Waals surface area contributed by atoms with Crippen molar-refractivity contribution in [1.82, 2.24) is 0 Å². The Morgan fingerprint density at radius 2 is 1.57 bits per heavy atom. The largest absolute Gasteiger partial charge is 0.374 e. The summed E-state index contributed by atoms with van der Waals surface area (Å²) >= 11 is 0. The molecule has 0 spiro atoms. The second-order valence-electron chi connectivity index (χ2n) is 7.09. The molecule has 0 amide bonds. The van der Waals surface area contributed by atoms with Crippen LogP contribution in [0, 0.1) is 17.8 Å². The Morgan fingerprint density at radius 3 is 2.14 bits per heavy atom. The minimum absolute atomic E-state index is 0.511. The summed E-state index contributed by atoms with van der Waals surface area (Å²) in [5, 5.41) is 0. The first-order chi connectivity index (χ1) is 10.3. The lowest BCUT2D eigenvalue weighted by Crippen LogP contribution is -2.28. The van der Waals surface area contributed by atoms with Crippen LogP contribution in [0.4, 0.5) is 0 Å². The number of rotatable bonds is 7. The highest BCUT2D eigenvalue weighted by atomic mass is 16.5. The topological polar surface area (TPSA) is 9.23 Å². The molecule has 2 aliphatic carbocycles. The van der Waals surface area contributed by atoms with E-state index in [2.05, 4.69) is 25.7 Å². The highest BCUT2D eigenvalue weighted by molar-refractivity contribution is 4.84. The molecule has 120 valence electrons. The molecule has 0 aromatic carbocycles. The molecule has 0 aliphatic heterocycles. The highest BCUT2D eigenvalue weighted by Gasteiger charge is 2.30. The predicted octanol–water partition coefficient (Wildman–Crippen LogP) is 5.91. The van der Waals surface area contributed by atoms with Gasteiger partial charge in [0.1, 0.15) is 0 Å². The number of allylic oxidation sites excluding steroid dienone is 2.